The van der Waals surface area contributed by atoms with Gasteiger partial charge in [-0.3, -0.25) is 9.59 Å². The van der Waals surface area contributed by atoms with Gasteiger partial charge in [-0.15, -0.1) is 0 Å². The van der Waals surface area contributed by atoms with Gasteiger partial charge in [-0.1, -0.05) is 79.9 Å². The molecule has 1 aliphatic rings. The molecule has 4 aromatic rings. The highest BCUT2D eigenvalue weighted by Gasteiger charge is 2.21. The predicted molar refractivity (Wildman–Crippen MR) is 163 cm³/mol. The van der Waals surface area contributed by atoms with E-state index in [1.807, 2.05) is 87.4 Å². The Bertz CT molecular complexity index is 1450. The molecule has 6 heteroatoms. The molecule has 6 nitrogen and oxygen atoms in total. The fourth-order valence-electron chi connectivity index (χ4n) is 5.12. The summed E-state index contributed by atoms with van der Waals surface area (Å²) in [6.07, 6.45) is 4.82. The van der Waals surface area contributed by atoms with Crippen LogP contribution in [0.3, 0.4) is 0 Å². The van der Waals surface area contributed by atoms with Gasteiger partial charge in [0, 0.05) is 37.2 Å². The molecular formula is C34H40N4O2. The van der Waals surface area contributed by atoms with E-state index < -0.39 is 0 Å². The minimum absolute atomic E-state index is 0.109. The smallest absolute Gasteiger partial charge is 0.252 e. The molecule has 40 heavy (non-hydrogen) atoms. The number of anilines is 1. The Labute approximate surface area is 237 Å². The summed E-state index contributed by atoms with van der Waals surface area (Å²) < 4.78 is 0. The van der Waals surface area contributed by atoms with Crippen LogP contribution in [0, 0.1) is 25.7 Å². The number of ketones is 1. The molecule has 1 saturated carbocycles. The zero-order valence-electron chi connectivity index (χ0n) is 24.3. The van der Waals surface area contributed by atoms with E-state index in [1.165, 1.54) is 25.7 Å². The average Bonchev–Trinajstić information content (AvgIpc) is 2.96. The maximum absolute atomic E-state index is 12.8. The first-order valence-electron chi connectivity index (χ1n) is 14.1. The van der Waals surface area contributed by atoms with Crippen LogP contribution in [0.5, 0.6) is 0 Å². The van der Waals surface area contributed by atoms with Gasteiger partial charge in [0.1, 0.15) is 11.6 Å². The molecule has 0 radical (unpaired) electrons. The normalized spacial score (nSPS) is 16.5. The summed E-state index contributed by atoms with van der Waals surface area (Å²) in [7, 11) is 3.99. The number of carbonyl (C=O) groups excluding carboxylic acids is 2. The van der Waals surface area contributed by atoms with Crippen molar-refractivity contribution < 1.29 is 9.59 Å². The van der Waals surface area contributed by atoms with Crippen LogP contribution in [0.2, 0.25) is 0 Å². The Morgan fingerprint density at radius 2 is 1.45 bits per heavy atom. The SMILES string of the molecule is Cc1ccc(C(=O)c2ccccc2C(=O)NCC2CCC(C)CC2)cc1.Cc1nc(N(C)C)c2ccccc2n1. The molecule has 1 aromatic heterocycles. The first kappa shape index (κ1) is 28.9. The van der Waals surface area contributed by atoms with Crippen LogP contribution in [-0.2, 0) is 0 Å². The molecule has 1 amide bonds. The average molecular weight is 537 g/mol. The van der Waals surface area contributed by atoms with Crippen molar-refractivity contribution in [1.82, 2.24) is 15.3 Å². The third-order valence-electron chi connectivity index (χ3n) is 7.54. The first-order valence-corrected chi connectivity index (χ1v) is 14.1. The summed E-state index contributed by atoms with van der Waals surface area (Å²) in [5.41, 5.74) is 3.64. The number of rotatable bonds is 6. The van der Waals surface area contributed by atoms with Gasteiger partial charge in [-0.2, -0.15) is 0 Å². The third kappa shape index (κ3) is 7.32. The Morgan fingerprint density at radius 3 is 2.12 bits per heavy atom. The van der Waals surface area contributed by atoms with Gasteiger partial charge in [0.05, 0.1) is 11.1 Å². The van der Waals surface area contributed by atoms with Gasteiger partial charge in [0.15, 0.2) is 5.78 Å². The zero-order valence-corrected chi connectivity index (χ0v) is 24.3. The van der Waals surface area contributed by atoms with Gasteiger partial charge in [-0.05, 0) is 56.7 Å². The van der Waals surface area contributed by atoms with Crippen molar-refractivity contribution in [1.29, 1.82) is 0 Å². The van der Waals surface area contributed by atoms with E-state index in [0.29, 0.717) is 29.2 Å². The van der Waals surface area contributed by atoms with Crippen LogP contribution >= 0.6 is 0 Å². The number of benzene rings is 3. The maximum atomic E-state index is 12.8. The van der Waals surface area contributed by atoms with E-state index in [2.05, 4.69) is 22.2 Å². The molecule has 208 valence electrons. The van der Waals surface area contributed by atoms with Crippen molar-refractivity contribution in [3.05, 3.63) is 101 Å². The lowest BCUT2D eigenvalue weighted by molar-refractivity contribution is 0.0931. The number of nitrogens with zero attached hydrogens (tertiary/aromatic N) is 3. The topological polar surface area (TPSA) is 75.2 Å². The lowest BCUT2D eigenvalue weighted by Crippen LogP contribution is -2.32. The highest BCUT2D eigenvalue weighted by Crippen LogP contribution is 2.28. The lowest BCUT2D eigenvalue weighted by atomic mass is 9.83. The maximum Gasteiger partial charge on any atom is 0.252 e. The number of hydrogen-bond acceptors (Lipinski definition) is 5. The molecule has 3 aromatic carbocycles. The fourth-order valence-corrected chi connectivity index (χ4v) is 5.12. The van der Waals surface area contributed by atoms with Gasteiger partial charge >= 0.3 is 0 Å². The third-order valence-corrected chi connectivity index (χ3v) is 7.54. The van der Waals surface area contributed by atoms with Gasteiger partial charge in [0.25, 0.3) is 5.91 Å². The van der Waals surface area contributed by atoms with Crippen molar-refractivity contribution >= 4 is 28.4 Å². The van der Waals surface area contributed by atoms with Gasteiger partial charge in [0.2, 0.25) is 0 Å². The minimum atomic E-state index is -0.153. The second-order valence-electron chi connectivity index (χ2n) is 11.1. The predicted octanol–water partition coefficient (Wildman–Crippen LogP) is 6.79. The van der Waals surface area contributed by atoms with Crippen LogP contribution in [0.15, 0.2) is 72.8 Å². The number of nitrogens with one attached hydrogen (secondary N) is 1. The van der Waals surface area contributed by atoms with E-state index in [-0.39, 0.29) is 11.7 Å². The molecule has 5 rings (SSSR count). The van der Waals surface area contributed by atoms with Crippen molar-refractivity contribution in [2.45, 2.75) is 46.5 Å². The van der Waals surface area contributed by atoms with E-state index in [9.17, 15) is 9.59 Å². The Kier molecular flexibility index (Phi) is 9.65. The number of hydrogen-bond donors (Lipinski definition) is 1. The number of para-hydroxylation sites is 1. The molecule has 1 heterocycles. The first-order chi connectivity index (χ1) is 19.2. The number of aryl methyl sites for hydroxylation is 2. The van der Waals surface area contributed by atoms with Crippen LogP contribution < -0.4 is 10.2 Å². The lowest BCUT2D eigenvalue weighted by Gasteiger charge is -2.26. The standard InChI is InChI=1S/C23H27NO2.C11H13N3/c1-16-7-11-18(12-8-16)15-24-23(26)21-6-4-3-5-20(21)22(25)19-13-9-17(2)10-14-19;1-8-12-10-7-5-4-6-9(10)11(13-8)14(2)3/h3-6,9-10,13-14,16,18H,7-8,11-12,15H2,1-2H3,(H,24,26);4-7H,1-3H3. The minimum Gasteiger partial charge on any atom is -0.362 e. The Balaban J connectivity index is 0.000000222. The fraction of sp³-hybridized carbons (Fsp3) is 0.353. The van der Waals surface area contributed by atoms with Gasteiger partial charge < -0.3 is 10.2 Å². The summed E-state index contributed by atoms with van der Waals surface area (Å²) >= 11 is 0. The second kappa shape index (κ2) is 13.3. The molecule has 0 unspecified atom stereocenters. The van der Waals surface area contributed by atoms with E-state index >= 15 is 0 Å². The van der Waals surface area contributed by atoms with Crippen LogP contribution in [0.1, 0.15) is 70.3 Å². The highest BCUT2D eigenvalue weighted by molar-refractivity contribution is 6.15. The number of aromatic nitrogens is 2. The second-order valence-corrected chi connectivity index (χ2v) is 11.1. The van der Waals surface area contributed by atoms with Crippen LogP contribution in [0.25, 0.3) is 10.9 Å². The zero-order chi connectivity index (χ0) is 28.6. The highest BCUT2D eigenvalue weighted by atomic mass is 16.2. The quantitative estimate of drug-likeness (QED) is 0.275. The summed E-state index contributed by atoms with van der Waals surface area (Å²) in [5, 5.41) is 4.15. The van der Waals surface area contributed by atoms with Crippen LogP contribution in [0.4, 0.5) is 5.82 Å². The van der Waals surface area contributed by atoms with E-state index in [0.717, 1.165) is 34.0 Å². The van der Waals surface area contributed by atoms with E-state index in [1.54, 1.807) is 18.2 Å². The van der Waals surface area contributed by atoms with Crippen LogP contribution in [-0.4, -0.2) is 42.3 Å². The van der Waals surface area contributed by atoms with E-state index in [4.69, 9.17) is 0 Å². The van der Waals surface area contributed by atoms with Gasteiger partial charge in [-0.25, -0.2) is 9.97 Å². The number of fused-ring (bicyclic) bond motifs is 1. The summed E-state index contributed by atoms with van der Waals surface area (Å²) in [5.74, 6) is 2.88. The van der Waals surface area contributed by atoms with Crippen molar-refractivity contribution in [3.8, 4) is 0 Å². The summed E-state index contributed by atoms with van der Waals surface area (Å²) in [6.45, 7) is 6.89. The monoisotopic (exact) mass is 536 g/mol. The molecule has 1 aliphatic carbocycles. The summed E-state index contributed by atoms with van der Waals surface area (Å²) in [6, 6.07) is 22.6. The molecular weight excluding hydrogens is 496 g/mol. The van der Waals surface area contributed by atoms with Crippen molar-refractivity contribution in [3.63, 3.8) is 0 Å². The number of amides is 1. The van der Waals surface area contributed by atoms with Crippen molar-refractivity contribution in [2.24, 2.45) is 11.8 Å². The molecule has 1 fully saturated rings. The van der Waals surface area contributed by atoms with Crippen molar-refractivity contribution in [2.75, 3.05) is 25.5 Å². The molecule has 0 saturated heterocycles. The number of carbonyl (C=O) groups is 2. The molecule has 0 atom stereocenters. The molecule has 0 spiro atoms. The molecule has 0 aliphatic heterocycles. The molecule has 1 N–H and O–H groups in total. The Morgan fingerprint density at radius 1 is 0.825 bits per heavy atom. The summed E-state index contributed by atoms with van der Waals surface area (Å²) in [4.78, 5) is 36.4. The molecule has 0 bridgehead atoms. The Hall–Kier alpha value is -4.06. The largest absolute Gasteiger partial charge is 0.362 e.